The molecule has 0 atom stereocenters. The molecule has 1 N–H and O–H groups in total. The number of phenols is 1. The van der Waals surface area contributed by atoms with Crippen LogP contribution in [0.4, 0.5) is 25.2 Å². The van der Waals surface area contributed by atoms with Gasteiger partial charge in [-0.1, -0.05) is 0 Å². The first-order chi connectivity index (χ1) is 7.06. The van der Waals surface area contributed by atoms with Crippen LogP contribution < -0.4 is 0 Å². The zero-order valence-corrected chi connectivity index (χ0v) is 10.7. The Bertz CT molecular complexity index is 392. The van der Waals surface area contributed by atoms with E-state index in [0.717, 1.165) is 16.0 Å². The van der Waals surface area contributed by atoms with Gasteiger partial charge in [0.2, 0.25) is 0 Å². The predicted molar refractivity (Wildman–Crippen MR) is 59.6 cm³/mol. The topological polar surface area (TPSA) is 20.2 Å². The van der Waals surface area contributed by atoms with Crippen molar-refractivity contribution in [3.8, 4) is 5.75 Å². The van der Waals surface area contributed by atoms with Gasteiger partial charge >= 0.3 is 33.0 Å². The average molecular weight is 300 g/mol. The van der Waals surface area contributed by atoms with Crippen molar-refractivity contribution in [1.82, 2.24) is 0 Å². The number of benzene rings is 1. The van der Waals surface area contributed by atoms with Crippen LogP contribution in [0.15, 0.2) is 17.0 Å². The van der Waals surface area contributed by atoms with Gasteiger partial charge in [0.05, 0.1) is 0 Å². The maximum atomic E-state index is 9.87. The second kappa shape index (κ2) is 3.95. The Hall–Kier alpha value is -0.620. The van der Waals surface area contributed by atoms with Crippen molar-refractivity contribution in [3.63, 3.8) is 0 Å². The van der Waals surface area contributed by atoms with E-state index < -0.39 is 7.81 Å². The first kappa shape index (κ1) is 16.4. The maximum absolute atomic E-state index is 10.7. The quantitative estimate of drug-likeness (QED) is 0.416. The van der Waals surface area contributed by atoms with E-state index in [1.807, 2.05) is 26.0 Å². The minimum atomic E-state index is -10.7. The summed E-state index contributed by atoms with van der Waals surface area (Å²) in [5.74, 6) is 0.391. The summed E-state index contributed by atoms with van der Waals surface area (Å²) in [6.07, 6.45) is 0. The zero-order chi connectivity index (χ0) is 14.1. The Morgan fingerprint density at radius 3 is 1.41 bits per heavy atom. The third kappa shape index (κ3) is 11.6. The number of hydrogen-bond donors (Lipinski definition) is 1. The molecule has 0 radical (unpaired) electrons. The van der Waals surface area contributed by atoms with Gasteiger partial charge in [0.25, 0.3) is 0 Å². The van der Waals surface area contributed by atoms with Gasteiger partial charge in [-0.25, -0.2) is 0 Å². The molecule has 9 heteroatoms. The summed E-state index contributed by atoms with van der Waals surface area (Å²) >= 11 is 3.38. The van der Waals surface area contributed by atoms with E-state index in [2.05, 4.69) is 12.6 Å². The summed E-state index contributed by atoms with van der Waals surface area (Å²) in [5, 5.41) is 9.31. The molecule has 0 aliphatic rings. The van der Waals surface area contributed by atoms with Crippen LogP contribution in [-0.2, 0) is 12.6 Å². The molecule has 17 heavy (non-hydrogen) atoms. The summed E-state index contributed by atoms with van der Waals surface area (Å²) in [6, 6.07) is 3.78. The SMILES string of the molecule is Cc1cc([SH2+])cc(C)c1O.F[P-](F)(F)(F)(F)F. The second-order valence-corrected chi connectivity index (χ2v) is 5.91. The van der Waals surface area contributed by atoms with Gasteiger partial charge < -0.3 is 5.11 Å². The van der Waals surface area contributed by atoms with Gasteiger partial charge in [0.15, 0.2) is 4.90 Å². The normalized spacial score (nSPS) is 15.4. The molecule has 0 aliphatic heterocycles. The van der Waals surface area contributed by atoms with Gasteiger partial charge in [-0.05, 0) is 49.7 Å². The third-order valence-electron chi connectivity index (χ3n) is 1.49. The van der Waals surface area contributed by atoms with E-state index in [4.69, 9.17) is 0 Å². The van der Waals surface area contributed by atoms with Crippen LogP contribution in [0.5, 0.6) is 5.75 Å². The van der Waals surface area contributed by atoms with E-state index >= 15 is 0 Å². The Kier molecular flexibility index (Phi) is 3.80. The molecule has 102 valence electrons. The molecule has 0 saturated carbocycles. The van der Waals surface area contributed by atoms with Gasteiger partial charge in [-0.15, -0.1) is 0 Å². The molecule has 0 spiro atoms. The van der Waals surface area contributed by atoms with Crippen LogP contribution >= 0.6 is 7.81 Å². The summed E-state index contributed by atoms with van der Waals surface area (Å²) < 4.78 is 59.2. The number of aromatic hydroxyl groups is 1. The van der Waals surface area contributed by atoms with Crippen molar-refractivity contribution in [2.45, 2.75) is 18.7 Å². The Morgan fingerprint density at radius 1 is 0.941 bits per heavy atom. The van der Waals surface area contributed by atoms with Crippen LogP contribution in [0.3, 0.4) is 0 Å². The zero-order valence-electron chi connectivity index (χ0n) is 8.82. The average Bonchev–Trinajstić information content (AvgIpc) is 1.93. The van der Waals surface area contributed by atoms with E-state index in [0.29, 0.717) is 5.75 Å². The fraction of sp³-hybridized carbons (Fsp3) is 0.250. The van der Waals surface area contributed by atoms with Crippen LogP contribution in [0, 0.1) is 13.8 Å². The fourth-order valence-electron chi connectivity index (χ4n) is 0.956. The summed E-state index contributed by atoms with van der Waals surface area (Å²) in [6.45, 7) is 3.76. The van der Waals surface area contributed by atoms with Gasteiger partial charge in [0.1, 0.15) is 5.75 Å². The molecule has 0 amide bonds. The van der Waals surface area contributed by atoms with Crippen molar-refractivity contribution < 1.29 is 30.3 Å². The van der Waals surface area contributed by atoms with Crippen molar-refractivity contribution in [2.75, 3.05) is 0 Å². The van der Waals surface area contributed by atoms with Crippen LogP contribution in [0.2, 0.25) is 0 Å². The minimum absolute atomic E-state index is 0.391. The summed E-state index contributed by atoms with van der Waals surface area (Å²) in [5.41, 5.74) is 1.81. The van der Waals surface area contributed by atoms with E-state index in [-0.39, 0.29) is 0 Å². The summed E-state index contributed by atoms with van der Waals surface area (Å²) in [4.78, 5) is 1.01. The van der Waals surface area contributed by atoms with Gasteiger partial charge in [-0.2, -0.15) is 0 Å². The molecular weight excluding hydrogens is 289 g/mol. The first-order valence-corrected chi connectivity index (χ1v) is 6.67. The molecule has 0 heterocycles. The van der Waals surface area contributed by atoms with Crippen molar-refractivity contribution in [3.05, 3.63) is 23.3 Å². The van der Waals surface area contributed by atoms with E-state index in [1.165, 1.54) is 0 Å². The Morgan fingerprint density at radius 2 is 1.18 bits per heavy atom. The Balaban J connectivity index is 0.000000325. The summed E-state index contributed by atoms with van der Waals surface area (Å²) in [7, 11) is -10.7. The van der Waals surface area contributed by atoms with Crippen molar-refractivity contribution in [1.29, 1.82) is 0 Å². The fourth-order valence-corrected chi connectivity index (χ4v) is 1.39. The number of halogens is 6. The van der Waals surface area contributed by atoms with Crippen LogP contribution in [-0.4, -0.2) is 5.11 Å². The molecule has 0 saturated heterocycles. The molecule has 0 fully saturated rings. The standard InChI is InChI=1S/C8H10OS.F6P/c1-5-3-7(10)4-6(2)8(5)9;1-7(2,3,4,5)6/h3-4,9-10H,1-2H3;/q;-1/p+1. The predicted octanol–water partition coefficient (Wildman–Crippen LogP) is 4.76. The van der Waals surface area contributed by atoms with Crippen molar-refractivity contribution in [2.24, 2.45) is 0 Å². The van der Waals surface area contributed by atoms with E-state index in [9.17, 15) is 30.3 Å². The number of phenolic OH excluding ortho intramolecular Hbond substituents is 1. The molecule has 1 rings (SSSR count). The molecule has 1 nitrogen and oxygen atoms in total. The number of hydrogen-bond acceptors (Lipinski definition) is 1. The molecule has 1 aromatic carbocycles. The molecule has 0 aliphatic carbocycles. The first-order valence-electron chi connectivity index (χ1n) is 4.14. The monoisotopic (exact) mass is 300 g/mol. The molecular formula is C8H11F6OPS. The number of rotatable bonds is 0. The molecule has 0 unspecified atom stereocenters. The van der Waals surface area contributed by atoms with Crippen molar-refractivity contribution >= 4 is 20.4 Å². The molecule has 0 aromatic heterocycles. The van der Waals surface area contributed by atoms with Gasteiger partial charge in [-0.3, -0.25) is 0 Å². The van der Waals surface area contributed by atoms with E-state index in [1.54, 1.807) is 0 Å². The van der Waals surface area contributed by atoms with Gasteiger partial charge in [0, 0.05) is 0 Å². The second-order valence-electron chi connectivity index (χ2n) is 3.42. The molecule has 0 bridgehead atoms. The molecule has 1 aromatic rings. The Labute approximate surface area is 99.1 Å². The van der Waals surface area contributed by atoms with Crippen LogP contribution in [0.1, 0.15) is 11.1 Å². The number of aryl methyl sites for hydroxylation is 2. The van der Waals surface area contributed by atoms with Crippen LogP contribution in [0.25, 0.3) is 0 Å². The third-order valence-corrected chi connectivity index (χ3v) is 1.78.